The van der Waals surface area contributed by atoms with E-state index in [1.807, 2.05) is 6.07 Å². The van der Waals surface area contributed by atoms with E-state index < -0.39 is 0 Å². The second-order valence-electron chi connectivity index (χ2n) is 5.66. The zero-order valence-corrected chi connectivity index (χ0v) is 10.8. The largest absolute Gasteiger partial charge is 0.493 e. The first-order valence-corrected chi connectivity index (χ1v) is 6.82. The van der Waals surface area contributed by atoms with E-state index in [1.165, 1.54) is 18.4 Å². The molecular formula is C16H18O2. The molecule has 1 aromatic rings. The molecule has 2 bridgehead atoms. The number of rotatable bonds is 1. The van der Waals surface area contributed by atoms with Gasteiger partial charge in [0.25, 0.3) is 0 Å². The summed E-state index contributed by atoms with van der Waals surface area (Å²) in [7, 11) is 1.72. The van der Waals surface area contributed by atoms with E-state index in [-0.39, 0.29) is 0 Å². The Labute approximate surface area is 108 Å². The molecule has 0 spiro atoms. The molecule has 0 radical (unpaired) electrons. The van der Waals surface area contributed by atoms with E-state index in [0.29, 0.717) is 23.9 Å². The minimum atomic E-state index is 0.394. The maximum atomic E-state index is 6.23. The minimum Gasteiger partial charge on any atom is -0.493 e. The lowest BCUT2D eigenvalue weighted by Crippen LogP contribution is -2.26. The van der Waals surface area contributed by atoms with Crippen molar-refractivity contribution in [1.82, 2.24) is 0 Å². The van der Waals surface area contributed by atoms with E-state index in [1.54, 1.807) is 12.7 Å². The minimum absolute atomic E-state index is 0.394. The Morgan fingerprint density at radius 2 is 2.28 bits per heavy atom. The number of hydrogen-bond donors (Lipinski definition) is 0. The summed E-state index contributed by atoms with van der Waals surface area (Å²) in [5, 5.41) is 0. The van der Waals surface area contributed by atoms with Crippen LogP contribution in [0.2, 0.25) is 0 Å². The Bertz CT molecular complexity index is 532. The molecule has 1 aromatic carbocycles. The number of para-hydroxylation sites is 1. The topological polar surface area (TPSA) is 18.5 Å². The van der Waals surface area contributed by atoms with Crippen LogP contribution in [0.5, 0.6) is 11.5 Å². The van der Waals surface area contributed by atoms with E-state index >= 15 is 0 Å². The van der Waals surface area contributed by atoms with Gasteiger partial charge in [0.2, 0.25) is 0 Å². The summed E-state index contributed by atoms with van der Waals surface area (Å²) in [5.74, 6) is 3.88. The highest BCUT2D eigenvalue weighted by molar-refractivity contribution is 5.54. The molecule has 0 N–H and O–H groups in total. The smallest absolute Gasteiger partial charge is 0.165 e. The first kappa shape index (κ1) is 10.5. The van der Waals surface area contributed by atoms with Crippen LogP contribution in [0.1, 0.15) is 31.2 Å². The average molecular weight is 242 g/mol. The molecule has 0 aromatic heterocycles. The second kappa shape index (κ2) is 3.53. The predicted octanol–water partition coefficient (Wildman–Crippen LogP) is 3.53. The third kappa shape index (κ3) is 1.14. The summed E-state index contributed by atoms with van der Waals surface area (Å²) in [5.41, 5.74) is 3.01. The fourth-order valence-electron chi connectivity index (χ4n) is 4.28. The molecule has 4 rings (SSSR count). The van der Waals surface area contributed by atoms with Crippen LogP contribution in [-0.2, 0) is 0 Å². The third-order valence-corrected chi connectivity index (χ3v) is 5.00. The number of ether oxygens (including phenoxy) is 2. The SMILES string of the molecule is CC=C1CC2CC1C1c3cccc(OC)c3OC21. The van der Waals surface area contributed by atoms with Crippen LogP contribution < -0.4 is 9.47 Å². The molecular weight excluding hydrogens is 224 g/mol. The molecule has 2 saturated carbocycles. The molecule has 0 amide bonds. The van der Waals surface area contributed by atoms with Gasteiger partial charge >= 0.3 is 0 Å². The Morgan fingerprint density at radius 1 is 1.39 bits per heavy atom. The quantitative estimate of drug-likeness (QED) is 0.701. The summed E-state index contributed by atoms with van der Waals surface area (Å²) in [6, 6.07) is 6.31. The highest BCUT2D eigenvalue weighted by Crippen LogP contribution is 2.62. The lowest BCUT2D eigenvalue weighted by Gasteiger charge is -2.25. The van der Waals surface area contributed by atoms with Gasteiger partial charge in [0.05, 0.1) is 7.11 Å². The Morgan fingerprint density at radius 3 is 3.06 bits per heavy atom. The molecule has 4 atom stereocenters. The van der Waals surface area contributed by atoms with E-state index in [0.717, 1.165) is 11.5 Å². The van der Waals surface area contributed by atoms with Crippen LogP contribution >= 0.6 is 0 Å². The van der Waals surface area contributed by atoms with Crippen molar-refractivity contribution in [2.45, 2.75) is 31.8 Å². The van der Waals surface area contributed by atoms with E-state index in [4.69, 9.17) is 9.47 Å². The van der Waals surface area contributed by atoms with Crippen LogP contribution in [-0.4, -0.2) is 13.2 Å². The van der Waals surface area contributed by atoms with Gasteiger partial charge < -0.3 is 9.47 Å². The monoisotopic (exact) mass is 242 g/mol. The zero-order valence-electron chi connectivity index (χ0n) is 10.8. The van der Waals surface area contributed by atoms with E-state index in [9.17, 15) is 0 Å². The molecule has 2 heteroatoms. The second-order valence-corrected chi connectivity index (χ2v) is 5.66. The van der Waals surface area contributed by atoms with Gasteiger partial charge in [0, 0.05) is 17.4 Å². The highest BCUT2D eigenvalue weighted by atomic mass is 16.5. The predicted molar refractivity (Wildman–Crippen MR) is 70.1 cm³/mol. The van der Waals surface area contributed by atoms with E-state index in [2.05, 4.69) is 25.1 Å². The molecule has 94 valence electrons. The number of allylic oxidation sites excluding steroid dienone is 2. The summed E-state index contributed by atoms with van der Waals surface area (Å²) >= 11 is 0. The normalized spacial score (nSPS) is 37.6. The van der Waals surface area contributed by atoms with Crippen molar-refractivity contribution in [2.24, 2.45) is 11.8 Å². The molecule has 1 heterocycles. The van der Waals surface area contributed by atoms with Crippen molar-refractivity contribution in [3.63, 3.8) is 0 Å². The lowest BCUT2D eigenvalue weighted by molar-refractivity contribution is 0.156. The first-order chi connectivity index (χ1) is 8.83. The van der Waals surface area contributed by atoms with Crippen molar-refractivity contribution in [3.05, 3.63) is 35.4 Å². The summed E-state index contributed by atoms with van der Waals surface area (Å²) in [6.07, 6.45) is 5.26. The van der Waals surface area contributed by atoms with Gasteiger partial charge in [-0.05, 0) is 31.7 Å². The van der Waals surface area contributed by atoms with Crippen molar-refractivity contribution in [2.75, 3.05) is 7.11 Å². The highest BCUT2D eigenvalue weighted by Gasteiger charge is 2.55. The average Bonchev–Trinajstić information content (AvgIpc) is 3.06. The third-order valence-electron chi connectivity index (χ3n) is 5.00. The molecule has 1 aliphatic heterocycles. The Kier molecular flexibility index (Phi) is 2.06. The number of benzene rings is 1. The molecule has 4 unspecified atom stereocenters. The van der Waals surface area contributed by atoms with Gasteiger partial charge in [-0.3, -0.25) is 0 Å². The molecule has 3 aliphatic rings. The molecule has 2 fully saturated rings. The summed E-state index contributed by atoms with van der Waals surface area (Å²) in [6.45, 7) is 2.17. The van der Waals surface area contributed by atoms with Crippen molar-refractivity contribution >= 4 is 0 Å². The zero-order chi connectivity index (χ0) is 12.3. The molecule has 2 aliphatic carbocycles. The summed E-state index contributed by atoms with van der Waals surface area (Å²) < 4.78 is 11.7. The van der Waals surface area contributed by atoms with Gasteiger partial charge in [0.15, 0.2) is 11.5 Å². The molecule has 2 nitrogen and oxygen atoms in total. The number of fused-ring (bicyclic) bond motifs is 7. The Hall–Kier alpha value is -1.44. The maximum Gasteiger partial charge on any atom is 0.165 e. The van der Waals surface area contributed by atoms with Gasteiger partial charge in [-0.15, -0.1) is 0 Å². The number of hydrogen-bond acceptors (Lipinski definition) is 2. The number of methoxy groups -OCH3 is 1. The van der Waals surface area contributed by atoms with Gasteiger partial charge in [0.1, 0.15) is 6.10 Å². The van der Waals surface area contributed by atoms with Crippen molar-refractivity contribution < 1.29 is 9.47 Å². The fraction of sp³-hybridized carbons (Fsp3) is 0.500. The fourth-order valence-corrected chi connectivity index (χ4v) is 4.28. The van der Waals surface area contributed by atoms with Gasteiger partial charge in [-0.25, -0.2) is 0 Å². The van der Waals surface area contributed by atoms with Gasteiger partial charge in [-0.2, -0.15) is 0 Å². The Balaban J connectivity index is 1.82. The van der Waals surface area contributed by atoms with Crippen LogP contribution in [0.3, 0.4) is 0 Å². The van der Waals surface area contributed by atoms with Gasteiger partial charge in [-0.1, -0.05) is 23.8 Å². The van der Waals surface area contributed by atoms with Crippen LogP contribution in [0.25, 0.3) is 0 Å². The van der Waals surface area contributed by atoms with Crippen molar-refractivity contribution in [1.29, 1.82) is 0 Å². The van der Waals surface area contributed by atoms with Crippen LogP contribution in [0.4, 0.5) is 0 Å². The van der Waals surface area contributed by atoms with Crippen LogP contribution in [0.15, 0.2) is 29.8 Å². The maximum absolute atomic E-state index is 6.23. The molecule has 18 heavy (non-hydrogen) atoms. The van der Waals surface area contributed by atoms with Crippen molar-refractivity contribution in [3.8, 4) is 11.5 Å². The first-order valence-electron chi connectivity index (χ1n) is 6.82. The van der Waals surface area contributed by atoms with Crippen LogP contribution in [0, 0.1) is 11.8 Å². The summed E-state index contributed by atoms with van der Waals surface area (Å²) in [4.78, 5) is 0. The molecule has 0 saturated heterocycles. The lowest BCUT2D eigenvalue weighted by atomic mass is 9.80. The standard InChI is InChI=1S/C16H18O2/c1-3-9-7-10-8-12(9)14-11-5-4-6-13(17-2)16(11)18-15(10)14/h3-6,10,12,14-15H,7-8H2,1-2H3.